The standard InChI is InChI=1S/C32H38ClN3O4S/c1-22-9-15-30(16-10-22)41(39,40)36(29-18-23(2)17-24(3)19-29)21-31(37)35(20-26-11-13-27(33)14-12-26)25(4)32(38)34-28-7-5-6-8-28/h9-19,25,28H,5-8,20-21H2,1-4H3,(H,34,38)/t25-/m1/s1. The van der Waals surface area contributed by atoms with Crippen molar-refractivity contribution in [2.75, 3.05) is 10.8 Å². The van der Waals surface area contributed by atoms with Crippen LogP contribution >= 0.6 is 11.6 Å². The second kappa shape index (κ2) is 13.1. The van der Waals surface area contributed by atoms with Gasteiger partial charge in [-0.15, -0.1) is 0 Å². The Hall–Kier alpha value is -3.36. The summed E-state index contributed by atoms with van der Waals surface area (Å²) in [6.07, 6.45) is 3.96. The molecule has 218 valence electrons. The lowest BCUT2D eigenvalue weighted by atomic mass is 10.1. The molecule has 1 fully saturated rings. The highest BCUT2D eigenvalue weighted by molar-refractivity contribution is 7.92. The number of nitrogens with one attached hydrogen (secondary N) is 1. The molecule has 0 spiro atoms. The predicted octanol–water partition coefficient (Wildman–Crippen LogP) is 5.94. The van der Waals surface area contributed by atoms with E-state index in [-0.39, 0.29) is 23.4 Å². The van der Waals surface area contributed by atoms with Crippen LogP contribution in [0.4, 0.5) is 5.69 Å². The molecular formula is C32H38ClN3O4S. The third-order valence-corrected chi connectivity index (χ3v) is 9.56. The van der Waals surface area contributed by atoms with E-state index < -0.39 is 28.5 Å². The smallest absolute Gasteiger partial charge is 0.264 e. The molecule has 1 atom stereocenters. The highest BCUT2D eigenvalue weighted by atomic mass is 35.5. The molecule has 1 saturated carbocycles. The van der Waals surface area contributed by atoms with E-state index in [1.165, 1.54) is 4.90 Å². The van der Waals surface area contributed by atoms with Gasteiger partial charge < -0.3 is 10.2 Å². The number of sulfonamides is 1. The minimum atomic E-state index is -4.11. The summed E-state index contributed by atoms with van der Waals surface area (Å²) in [6, 6.07) is 18.4. The van der Waals surface area contributed by atoms with E-state index in [1.54, 1.807) is 67.6 Å². The number of benzene rings is 3. The number of amides is 2. The van der Waals surface area contributed by atoms with Crippen molar-refractivity contribution in [3.63, 3.8) is 0 Å². The summed E-state index contributed by atoms with van der Waals surface area (Å²) >= 11 is 6.08. The van der Waals surface area contributed by atoms with E-state index in [4.69, 9.17) is 11.6 Å². The summed E-state index contributed by atoms with van der Waals surface area (Å²) in [7, 11) is -4.11. The number of carbonyl (C=O) groups excluding carboxylic acids is 2. The lowest BCUT2D eigenvalue weighted by Crippen LogP contribution is -2.52. The van der Waals surface area contributed by atoms with Crippen molar-refractivity contribution in [2.24, 2.45) is 0 Å². The van der Waals surface area contributed by atoms with Crippen LogP contribution < -0.4 is 9.62 Å². The van der Waals surface area contributed by atoms with Crippen LogP contribution in [0.5, 0.6) is 0 Å². The molecule has 0 aromatic heterocycles. The number of carbonyl (C=O) groups is 2. The Morgan fingerprint density at radius 3 is 2.07 bits per heavy atom. The van der Waals surface area contributed by atoms with Crippen LogP contribution in [0.1, 0.15) is 54.9 Å². The quantitative estimate of drug-likeness (QED) is 0.314. The van der Waals surface area contributed by atoms with Crippen LogP contribution in [0.3, 0.4) is 0 Å². The van der Waals surface area contributed by atoms with E-state index in [2.05, 4.69) is 5.32 Å². The van der Waals surface area contributed by atoms with Gasteiger partial charge in [-0.2, -0.15) is 0 Å². The zero-order valence-corrected chi connectivity index (χ0v) is 25.6. The Labute approximate surface area is 248 Å². The highest BCUT2D eigenvalue weighted by Crippen LogP contribution is 2.27. The molecule has 0 aliphatic heterocycles. The number of nitrogens with zero attached hydrogens (tertiary/aromatic N) is 2. The van der Waals surface area contributed by atoms with Crippen molar-refractivity contribution in [3.8, 4) is 0 Å². The third-order valence-electron chi connectivity index (χ3n) is 7.52. The molecule has 1 aliphatic rings. The van der Waals surface area contributed by atoms with Gasteiger partial charge in [-0.3, -0.25) is 13.9 Å². The lowest BCUT2D eigenvalue weighted by Gasteiger charge is -2.32. The van der Waals surface area contributed by atoms with Crippen molar-refractivity contribution in [1.82, 2.24) is 10.2 Å². The highest BCUT2D eigenvalue weighted by Gasteiger charge is 2.33. The zero-order chi connectivity index (χ0) is 29.7. The van der Waals surface area contributed by atoms with Gasteiger partial charge in [-0.1, -0.05) is 60.3 Å². The number of anilines is 1. The van der Waals surface area contributed by atoms with Crippen LogP contribution in [0, 0.1) is 20.8 Å². The SMILES string of the molecule is Cc1ccc(S(=O)(=O)N(CC(=O)N(Cc2ccc(Cl)cc2)[C@H](C)C(=O)NC2CCCC2)c2cc(C)cc(C)c2)cc1. The van der Waals surface area contributed by atoms with Crippen molar-refractivity contribution in [3.05, 3.63) is 94.0 Å². The normalized spacial score (nSPS) is 14.5. The van der Waals surface area contributed by atoms with Crippen molar-refractivity contribution in [2.45, 2.75) is 76.9 Å². The Balaban J connectivity index is 1.70. The van der Waals surface area contributed by atoms with E-state index in [9.17, 15) is 18.0 Å². The van der Waals surface area contributed by atoms with Gasteiger partial charge in [0.05, 0.1) is 10.6 Å². The lowest BCUT2D eigenvalue weighted by molar-refractivity contribution is -0.139. The molecule has 0 saturated heterocycles. The Bertz CT molecular complexity index is 1460. The number of rotatable bonds is 10. The van der Waals surface area contributed by atoms with E-state index in [0.29, 0.717) is 10.7 Å². The number of hydrogen-bond acceptors (Lipinski definition) is 4. The second-order valence-electron chi connectivity index (χ2n) is 11.0. The third kappa shape index (κ3) is 7.68. The predicted molar refractivity (Wildman–Crippen MR) is 163 cm³/mol. The molecule has 3 aromatic carbocycles. The molecule has 0 radical (unpaired) electrons. The van der Waals surface area contributed by atoms with Gasteiger partial charge in [0.2, 0.25) is 11.8 Å². The minimum absolute atomic E-state index is 0.0890. The second-order valence-corrected chi connectivity index (χ2v) is 13.3. The Kier molecular flexibility index (Phi) is 9.76. The van der Waals surface area contributed by atoms with Crippen LogP contribution in [0.15, 0.2) is 71.6 Å². The van der Waals surface area contributed by atoms with Gasteiger partial charge in [0.1, 0.15) is 12.6 Å². The maximum absolute atomic E-state index is 14.1. The molecule has 0 unspecified atom stereocenters. The molecule has 7 nitrogen and oxygen atoms in total. The molecule has 4 rings (SSSR count). The van der Waals surface area contributed by atoms with E-state index >= 15 is 0 Å². The summed E-state index contributed by atoms with van der Waals surface area (Å²) in [5, 5.41) is 3.64. The van der Waals surface area contributed by atoms with Crippen molar-refractivity contribution in [1.29, 1.82) is 0 Å². The van der Waals surface area contributed by atoms with E-state index in [1.807, 2.05) is 26.8 Å². The number of aryl methyl sites for hydroxylation is 3. The molecular weight excluding hydrogens is 558 g/mol. The first kappa shape index (κ1) is 30.6. The van der Waals surface area contributed by atoms with Gasteiger partial charge in [0.15, 0.2) is 0 Å². The Morgan fingerprint density at radius 1 is 0.902 bits per heavy atom. The first-order chi connectivity index (χ1) is 19.4. The molecule has 2 amide bonds. The van der Waals surface area contributed by atoms with Gasteiger partial charge in [-0.25, -0.2) is 8.42 Å². The number of halogens is 1. The molecule has 1 aliphatic carbocycles. The average Bonchev–Trinajstić information content (AvgIpc) is 3.43. The minimum Gasteiger partial charge on any atom is -0.352 e. The summed E-state index contributed by atoms with van der Waals surface area (Å²) in [4.78, 5) is 29.0. The summed E-state index contributed by atoms with van der Waals surface area (Å²) < 4.78 is 29.2. The summed E-state index contributed by atoms with van der Waals surface area (Å²) in [6.45, 7) is 7.00. The molecule has 41 heavy (non-hydrogen) atoms. The van der Waals surface area contributed by atoms with Gasteiger partial charge >= 0.3 is 0 Å². The van der Waals surface area contributed by atoms with Crippen LogP contribution in [-0.2, 0) is 26.2 Å². The fraction of sp³-hybridized carbons (Fsp3) is 0.375. The maximum atomic E-state index is 14.1. The Morgan fingerprint density at radius 2 is 1.49 bits per heavy atom. The fourth-order valence-electron chi connectivity index (χ4n) is 5.22. The topological polar surface area (TPSA) is 86.8 Å². The largest absolute Gasteiger partial charge is 0.352 e. The van der Waals surface area contributed by atoms with E-state index in [0.717, 1.165) is 52.2 Å². The summed E-state index contributed by atoms with van der Waals surface area (Å²) in [5.74, 6) is -0.734. The van der Waals surface area contributed by atoms with Crippen molar-refractivity contribution < 1.29 is 18.0 Å². The van der Waals surface area contributed by atoms with Gasteiger partial charge in [0.25, 0.3) is 10.0 Å². The van der Waals surface area contributed by atoms with Gasteiger partial charge in [-0.05, 0) is 93.6 Å². The first-order valence-corrected chi connectivity index (χ1v) is 15.8. The van der Waals surface area contributed by atoms with Crippen molar-refractivity contribution >= 4 is 39.1 Å². The average molecular weight is 596 g/mol. The molecule has 1 N–H and O–H groups in total. The zero-order valence-electron chi connectivity index (χ0n) is 24.1. The molecule has 0 heterocycles. The molecule has 0 bridgehead atoms. The maximum Gasteiger partial charge on any atom is 0.264 e. The molecule has 9 heteroatoms. The fourth-order valence-corrected chi connectivity index (χ4v) is 6.75. The van der Waals surface area contributed by atoms with Crippen LogP contribution in [0.25, 0.3) is 0 Å². The first-order valence-electron chi connectivity index (χ1n) is 14.0. The monoisotopic (exact) mass is 595 g/mol. The van der Waals surface area contributed by atoms with Crippen LogP contribution in [0.2, 0.25) is 5.02 Å². The van der Waals surface area contributed by atoms with Crippen LogP contribution in [-0.4, -0.2) is 43.8 Å². The molecule has 3 aromatic rings. The van der Waals surface area contributed by atoms with Gasteiger partial charge in [0, 0.05) is 17.6 Å². The number of hydrogen-bond donors (Lipinski definition) is 1. The summed E-state index contributed by atoms with van der Waals surface area (Å²) in [5.41, 5.74) is 3.85.